The minimum Gasteiger partial charge on any atom is -0.303 e. The van der Waals surface area contributed by atoms with Gasteiger partial charge in [0.15, 0.2) is 5.78 Å². The molecule has 1 N–H and O–H groups in total. The van der Waals surface area contributed by atoms with Crippen molar-refractivity contribution >= 4 is 21.7 Å². The van der Waals surface area contributed by atoms with E-state index in [9.17, 15) is 9.18 Å². The fourth-order valence-corrected chi connectivity index (χ4v) is 3.08. The zero-order chi connectivity index (χ0) is 14.8. The van der Waals surface area contributed by atoms with Gasteiger partial charge in [0.2, 0.25) is 0 Å². The van der Waals surface area contributed by atoms with Gasteiger partial charge in [-0.15, -0.1) is 0 Å². The van der Waals surface area contributed by atoms with Gasteiger partial charge in [-0.05, 0) is 41.3 Å². The summed E-state index contributed by atoms with van der Waals surface area (Å²) in [5.41, 5.74) is 2.87. The number of benzene rings is 2. The van der Waals surface area contributed by atoms with E-state index in [1.807, 2.05) is 12.1 Å². The van der Waals surface area contributed by atoms with Crippen LogP contribution in [0.15, 0.2) is 46.9 Å². The van der Waals surface area contributed by atoms with Gasteiger partial charge in [-0.3, -0.25) is 4.79 Å². The third-order valence-electron chi connectivity index (χ3n) is 3.84. The summed E-state index contributed by atoms with van der Waals surface area (Å²) in [6, 6.07) is 12.6. The number of Topliss-reactive ketones (excluding diaryl/α,β-unsaturated/α-hetero) is 1. The second kappa shape index (κ2) is 6.08. The Kier molecular flexibility index (Phi) is 4.17. The van der Waals surface area contributed by atoms with E-state index in [1.165, 1.54) is 17.2 Å². The summed E-state index contributed by atoms with van der Waals surface area (Å²) in [4.78, 5) is 12.4. The summed E-state index contributed by atoms with van der Waals surface area (Å²) in [7, 11) is 0. The van der Waals surface area contributed by atoms with Crippen molar-refractivity contribution in [3.8, 4) is 0 Å². The molecule has 0 bridgehead atoms. The van der Waals surface area contributed by atoms with E-state index >= 15 is 0 Å². The van der Waals surface area contributed by atoms with Crippen LogP contribution in [0.2, 0.25) is 0 Å². The number of hydrogen-bond donors (Lipinski definition) is 1. The van der Waals surface area contributed by atoms with Crippen LogP contribution >= 0.6 is 15.9 Å². The zero-order valence-corrected chi connectivity index (χ0v) is 13.0. The molecule has 1 atom stereocenters. The van der Waals surface area contributed by atoms with Gasteiger partial charge in [0.05, 0.1) is 6.04 Å². The Bertz CT molecular complexity index is 686. The van der Waals surface area contributed by atoms with Crippen LogP contribution in [0.4, 0.5) is 4.39 Å². The maximum absolute atomic E-state index is 13.7. The van der Waals surface area contributed by atoms with Crippen LogP contribution in [0, 0.1) is 5.82 Å². The van der Waals surface area contributed by atoms with E-state index in [0.717, 1.165) is 4.47 Å². The second-order valence-electron chi connectivity index (χ2n) is 5.29. The Hall–Kier alpha value is -1.52. The van der Waals surface area contributed by atoms with E-state index in [1.54, 1.807) is 12.1 Å². The molecule has 4 heteroatoms. The SMILES string of the molecule is O=C(Cc1cc(Br)ccc1F)C1Cc2ccccc2CN1. The fraction of sp³-hybridized carbons (Fsp3) is 0.235. The number of carbonyl (C=O) groups is 1. The molecule has 0 spiro atoms. The third-order valence-corrected chi connectivity index (χ3v) is 4.34. The Labute approximate surface area is 131 Å². The molecule has 108 valence electrons. The molecular weight excluding hydrogens is 333 g/mol. The topological polar surface area (TPSA) is 29.1 Å². The molecule has 0 aromatic heterocycles. The van der Waals surface area contributed by atoms with Gasteiger partial charge in [-0.25, -0.2) is 4.39 Å². The molecule has 0 aliphatic carbocycles. The molecular formula is C17H15BrFNO. The van der Waals surface area contributed by atoms with Gasteiger partial charge in [-0.2, -0.15) is 0 Å². The van der Waals surface area contributed by atoms with Crippen LogP contribution in [-0.4, -0.2) is 11.8 Å². The molecule has 1 heterocycles. The lowest BCUT2D eigenvalue weighted by molar-refractivity contribution is -0.120. The molecule has 1 aliphatic rings. The van der Waals surface area contributed by atoms with Gasteiger partial charge in [0, 0.05) is 17.4 Å². The van der Waals surface area contributed by atoms with E-state index in [-0.39, 0.29) is 24.1 Å². The third kappa shape index (κ3) is 3.22. The maximum atomic E-state index is 13.7. The first kappa shape index (κ1) is 14.4. The summed E-state index contributed by atoms with van der Waals surface area (Å²) < 4.78 is 14.5. The van der Waals surface area contributed by atoms with E-state index in [0.29, 0.717) is 18.5 Å². The summed E-state index contributed by atoms with van der Waals surface area (Å²) in [6.45, 7) is 0.688. The van der Waals surface area contributed by atoms with Crippen LogP contribution in [0.25, 0.3) is 0 Å². The lowest BCUT2D eigenvalue weighted by atomic mass is 9.91. The van der Waals surface area contributed by atoms with E-state index in [2.05, 4.69) is 33.4 Å². The van der Waals surface area contributed by atoms with Crippen LogP contribution in [0.5, 0.6) is 0 Å². The molecule has 0 fully saturated rings. The quantitative estimate of drug-likeness (QED) is 0.921. The summed E-state index contributed by atoms with van der Waals surface area (Å²) in [5.74, 6) is -0.302. The maximum Gasteiger partial charge on any atom is 0.154 e. The molecule has 21 heavy (non-hydrogen) atoms. The van der Waals surface area contributed by atoms with Crippen LogP contribution in [0.3, 0.4) is 0 Å². The number of carbonyl (C=O) groups excluding carboxylic acids is 1. The normalized spacial score (nSPS) is 17.3. The molecule has 2 nitrogen and oxygen atoms in total. The summed E-state index contributed by atoms with van der Waals surface area (Å²) >= 11 is 3.31. The highest BCUT2D eigenvalue weighted by Crippen LogP contribution is 2.20. The van der Waals surface area contributed by atoms with Crippen molar-refractivity contribution in [2.24, 2.45) is 0 Å². The Morgan fingerprint density at radius 1 is 1.24 bits per heavy atom. The molecule has 1 aliphatic heterocycles. The monoisotopic (exact) mass is 347 g/mol. The minimum atomic E-state index is -0.331. The highest BCUT2D eigenvalue weighted by Gasteiger charge is 2.24. The van der Waals surface area contributed by atoms with Gasteiger partial charge in [0.1, 0.15) is 5.82 Å². The van der Waals surface area contributed by atoms with Gasteiger partial charge in [-0.1, -0.05) is 40.2 Å². The number of hydrogen-bond acceptors (Lipinski definition) is 2. The number of ketones is 1. The molecule has 0 amide bonds. The highest BCUT2D eigenvalue weighted by atomic mass is 79.9. The number of rotatable bonds is 3. The number of fused-ring (bicyclic) bond motifs is 1. The second-order valence-corrected chi connectivity index (χ2v) is 6.20. The predicted octanol–water partition coefficient (Wildman–Crippen LogP) is 3.41. The van der Waals surface area contributed by atoms with Crippen LogP contribution in [0.1, 0.15) is 16.7 Å². The molecule has 1 unspecified atom stereocenters. The fourth-order valence-electron chi connectivity index (χ4n) is 2.67. The van der Waals surface area contributed by atoms with Crippen molar-refractivity contribution in [1.82, 2.24) is 5.32 Å². The van der Waals surface area contributed by atoms with Crippen molar-refractivity contribution in [2.45, 2.75) is 25.4 Å². The van der Waals surface area contributed by atoms with Crippen molar-refractivity contribution < 1.29 is 9.18 Å². The van der Waals surface area contributed by atoms with E-state index in [4.69, 9.17) is 0 Å². The van der Waals surface area contributed by atoms with Crippen molar-refractivity contribution in [2.75, 3.05) is 0 Å². The first-order valence-electron chi connectivity index (χ1n) is 6.90. The smallest absolute Gasteiger partial charge is 0.154 e. The van der Waals surface area contributed by atoms with Gasteiger partial charge >= 0.3 is 0 Å². The predicted molar refractivity (Wildman–Crippen MR) is 83.6 cm³/mol. The average molecular weight is 348 g/mol. The number of halogens is 2. The highest BCUT2D eigenvalue weighted by molar-refractivity contribution is 9.10. The zero-order valence-electron chi connectivity index (χ0n) is 11.4. The van der Waals surface area contributed by atoms with E-state index < -0.39 is 0 Å². The number of nitrogens with one attached hydrogen (secondary N) is 1. The van der Waals surface area contributed by atoms with Crippen molar-refractivity contribution in [1.29, 1.82) is 0 Å². The first-order valence-corrected chi connectivity index (χ1v) is 7.69. The molecule has 0 saturated heterocycles. The lowest BCUT2D eigenvalue weighted by Gasteiger charge is -2.25. The van der Waals surface area contributed by atoms with Gasteiger partial charge < -0.3 is 5.32 Å². The van der Waals surface area contributed by atoms with Gasteiger partial charge in [0.25, 0.3) is 0 Å². The molecule has 2 aromatic rings. The largest absolute Gasteiger partial charge is 0.303 e. The Morgan fingerprint density at radius 3 is 2.81 bits per heavy atom. The Morgan fingerprint density at radius 2 is 2.00 bits per heavy atom. The lowest BCUT2D eigenvalue weighted by Crippen LogP contribution is -2.42. The van der Waals surface area contributed by atoms with Crippen LogP contribution < -0.4 is 5.32 Å². The molecule has 0 saturated carbocycles. The average Bonchev–Trinajstić information content (AvgIpc) is 2.50. The first-order chi connectivity index (χ1) is 10.1. The van der Waals surface area contributed by atoms with Crippen molar-refractivity contribution in [3.63, 3.8) is 0 Å². The summed E-state index contributed by atoms with van der Waals surface area (Å²) in [6.07, 6.45) is 0.787. The molecule has 0 radical (unpaired) electrons. The summed E-state index contributed by atoms with van der Waals surface area (Å²) in [5, 5.41) is 3.25. The minimum absolute atomic E-state index is 0.0292. The van der Waals surface area contributed by atoms with Crippen LogP contribution in [-0.2, 0) is 24.2 Å². The van der Waals surface area contributed by atoms with Crippen molar-refractivity contribution in [3.05, 3.63) is 69.4 Å². The molecule has 2 aromatic carbocycles. The molecule has 3 rings (SSSR count). The Balaban J connectivity index is 1.74. The standard InChI is InChI=1S/C17H15BrFNO/c18-14-5-6-15(19)13(7-14)9-17(21)16-8-11-3-1-2-4-12(11)10-20-16/h1-7,16,20H,8-10H2.